The zero-order chi connectivity index (χ0) is 22.0. The topological polar surface area (TPSA) is 24.9 Å². The highest BCUT2D eigenvalue weighted by molar-refractivity contribution is 5.63. The summed E-state index contributed by atoms with van der Waals surface area (Å²) in [5.41, 5.74) is 5.22. The van der Waals surface area contributed by atoms with Gasteiger partial charge in [0, 0.05) is 39.3 Å². The van der Waals surface area contributed by atoms with E-state index >= 15 is 0 Å². The summed E-state index contributed by atoms with van der Waals surface area (Å²) < 4.78 is 11.2. The summed E-state index contributed by atoms with van der Waals surface area (Å²) in [7, 11) is 1.71. The van der Waals surface area contributed by atoms with Crippen molar-refractivity contribution in [2.24, 2.45) is 0 Å². The standard InChI is InChI=1S/C28H34N2O2/c1-31-28-12-10-25(11-13-28)23-30-17-15-29(16-18-30)19-21-32-20-14-24-6-5-9-27(22-24)26-7-3-2-4-8-26/h2-13,22H,14-21,23H2,1H3. The average Bonchev–Trinajstić information content (AvgIpc) is 2.86. The molecule has 1 saturated heterocycles. The summed E-state index contributed by atoms with van der Waals surface area (Å²) in [6.07, 6.45) is 0.955. The largest absolute Gasteiger partial charge is 0.497 e. The van der Waals surface area contributed by atoms with Crippen molar-refractivity contribution in [3.05, 3.63) is 90.0 Å². The van der Waals surface area contributed by atoms with Crippen LogP contribution in [0.2, 0.25) is 0 Å². The predicted octanol–water partition coefficient (Wildman–Crippen LogP) is 4.74. The van der Waals surface area contributed by atoms with Gasteiger partial charge >= 0.3 is 0 Å². The Labute approximate surface area is 192 Å². The molecule has 168 valence electrons. The van der Waals surface area contributed by atoms with Gasteiger partial charge in [0.05, 0.1) is 20.3 Å². The molecule has 32 heavy (non-hydrogen) atoms. The van der Waals surface area contributed by atoms with Crippen LogP contribution in [0.1, 0.15) is 11.1 Å². The molecule has 3 aromatic rings. The lowest BCUT2D eigenvalue weighted by atomic mass is 10.0. The van der Waals surface area contributed by atoms with Crippen LogP contribution < -0.4 is 4.74 Å². The molecule has 0 amide bonds. The Morgan fingerprint density at radius 2 is 1.41 bits per heavy atom. The normalized spacial score (nSPS) is 15.0. The van der Waals surface area contributed by atoms with Crippen LogP contribution in [0.4, 0.5) is 0 Å². The van der Waals surface area contributed by atoms with Crippen LogP contribution in [0, 0.1) is 0 Å². The molecule has 1 aliphatic rings. The Balaban J connectivity index is 1.11. The number of hydrogen-bond acceptors (Lipinski definition) is 4. The van der Waals surface area contributed by atoms with E-state index in [-0.39, 0.29) is 0 Å². The molecule has 0 bridgehead atoms. The van der Waals surface area contributed by atoms with Crippen molar-refractivity contribution in [1.29, 1.82) is 0 Å². The van der Waals surface area contributed by atoms with Crippen LogP contribution in [0.5, 0.6) is 5.75 Å². The second kappa shape index (κ2) is 11.8. The van der Waals surface area contributed by atoms with E-state index < -0.39 is 0 Å². The number of hydrogen-bond donors (Lipinski definition) is 0. The Bertz CT molecular complexity index is 935. The third-order valence-corrected chi connectivity index (χ3v) is 6.15. The molecule has 0 saturated carbocycles. The second-order valence-electron chi connectivity index (χ2n) is 8.39. The Morgan fingerprint density at radius 1 is 0.688 bits per heavy atom. The minimum atomic E-state index is 0.773. The fourth-order valence-corrected chi connectivity index (χ4v) is 4.18. The van der Waals surface area contributed by atoms with Gasteiger partial charge in [0.25, 0.3) is 0 Å². The molecule has 0 unspecified atom stereocenters. The van der Waals surface area contributed by atoms with Gasteiger partial charge in [-0.25, -0.2) is 0 Å². The van der Waals surface area contributed by atoms with E-state index in [0.29, 0.717) is 0 Å². The lowest BCUT2D eigenvalue weighted by molar-refractivity contribution is 0.0747. The Kier molecular flexibility index (Phi) is 8.32. The third-order valence-electron chi connectivity index (χ3n) is 6.15. The molecule has 0 aromatic heterocycles. The van der Waals surface area contributed by atoms with Gasteiger partial charge in [0.15, 0.2) is 0 Å². The minimum Gasteiger partial charge on any atom is -0.497 e. The Morgan fingerprint density at radius 3 is 2.16 bits per heavy atom. The van der Waals surface area contributed by atoms with Gasteiger partial charge in [-0.2, -0.15) is 0 Å². The molecule has 4 heteroatoms. The van der Waals surface area contributed by atoms with E-state index in [1.54, 1.807) is 7.11 Å². The van der Waals surface area contributed by atoms with Crippen LogP contribution in [0.25, 0.3) is 11.1 Å². The molecule has 1 heterocycles. The first-order chi connectivity index (χ1) is 15.8. The first kappa shape index (κ1) is 22.5. The molecule has 4 nitrogen and oxygen atoms in total. The maximum Gasteiger partial charge on any atom is 0.118 e. The fourth-order valence-electron chi connectivity index (χ4n) is 4.18. The SMILES string of the molecule is COc1ccc(CN2CCN(CCOCCc3cccc(-c4ccccc4)c3)CC2)cc1. The van der Waals surface area contributed by atoms with Crippen LogP contribution in [-0.2, 0) is 17.7 Å². The van der Waals surface area contributed by atoms with E-state index in [2.05, 4.69) is 76.5 Å². The molecule has 0 N–H and O–H groups in total. The summed E-state index contributed by atoms with van der Waals surface area (Å²) in [4.78, 5) is 5.04. The third kappa shape index (κ3) is 6.67. The zero-order valence-electron chi connectivity index (χ0n) is 19.1. The van der Waals surface area contributed by atoms with Crippen molar-refractivity contribution < 1.29 is 9.47 Å². The molecular formula is C28H34N2O2. The minimum absolute atomic E-state index is 0.773. The number of nitrogens with zero attached hydrogens (tertiary/aromatic N) is 2. The van der Waals surface area contributed by atoms with Crippen molar-refractivity contribution in [2.45, 2.75) is 13.0 Å². The van der Waals surface area contributed by atoms with Gasteiger partial charge in [-0.1, -0.05) is 66.7 Å². The molecule has 0 radical (unpaired) electrons. The summed E-state index contributed by atoms with van der Waals surface area (Å²) in [5.74, 6) is 0.919. The van der Waals surface area contributed by atoms with Crippen LogP contribution >= 0.6 is 0 Å². The summed E-state index contributed by atoms with van der Waals surface area (Å²) in [6, 6.07) is 27.7. The molecule has 3 aromatic carbocycles. The smallest absolute Gasteiger partial charge is 0.118 e. The molecule has 1 fully saturated rings. The second-order valence-corrected chi connectivity index (χ2v) is 8.39. The first-order valence-corrected chi connectivity index (χ1v) is 11.6. The summed E-state index contributed by atoms with van der Waals surface area (Å²) in [6.45, 7) is 8.04. The van der Waals surface area contributed by atoms with Gasteiger partial charge in [-0.3, -0.25) is 9.80 Å². The van der Waals surface area contributed by atoms with Crippen molar-refractivity contribution in [3.63, 3.8) is 0 Å². The van der Waals surface area contributed by atoms with Gasteiger partial charge < -0.3 is 9.47 Å². The van der Waals surface area contributed by atoms with Gasteiger partial charge in [-0.05, 0) is 40.8 Å². The van der Waals surface area contributed by atoms with Crippen LogP contribution in [-0.4, -0.2) is 62.8 Å². The average molecular weight is 431 g/mol. The predicted molar refractivity (Wildman–Crippen MR) is 131 cm³/mol. The molecule has 1 aliphatic heterocycles. The maximum absolute atomic E-state index is 5.96. The quantitative estimate of drug-likeness (QED) is 0.434. The fraction of sp³-hybridized carbons (Fsp3) is 0.357. The van der Waals surface area contributed by atoms with Crippen LogP contribution in [0.15, 0.2) is 78.9 Å². The van der Waals surface area contributed by atoms with E-state index in [9.17, 15) is 0 Å². The highest BCUT2D eigenvalue weighted by atomic mass is 16.5. The lowest BCUT2D eigenvalue weighted by Gasteiger charge is -2.34. The van der Waals surface area contributed by atoms with Crippen molar-refractivity contribution >= 4 is 0 Å². The number of benzene rings is 3. The molecule has 0 atom stereocenters. The first-order valence-electron chi connectivity index (χ1n) is 11.6. The maximum atomic E-state index is 5.96. The highest BCUT2D eigenvalue weighted by Gasteiger charge is 2.16. The Hall–Kier alpha value is -2.66. The van der Waals surface area contributed by atoms with Crippen molar-refractivity contribution in [2.75, 3.05) is 53.0 Å². The summed E-state index contributed by atoms with van der Waals surface area (Å²) >= 11 is 0. The van der Waals surface area contributed by atoms with E-state index in [1.165, 1.54) is 22.3 Å². The van der Waals surface area contributed by atoms with Crippen molar-refractivity contribution in [1.82, 2.24) is 9.80 Å². The van der Waals surface area contributed by atoms with Crippen LogP contribution in [0.3, 0.4) is 0 Å². The number of methoxy groups -OCH3 is 1. The van der Waals surface area contributed by atoms with Crippen molar-refractivity contribution in [3.8, 4) is 16.9 Å². The van der Waals surface area contributed by atoms with E-state index in [1.807, 2.05) is 12.1 Å². The van der Waals surface area contributed by atoms with Gasteiger partial charge in [0.1, 0.15) is 5.75 Å². The molecule has 4 rings (SSSR count). The molecule has 0 aliphatic carbocycles. The number of rotatable bonds is 10. The van der Waals surface area contributed by atoms with Gasteiger partial charge in [0.2, 0.25) is 0 Å². The molecule has 0 spiro atoms. The van der Waals surface area contributed by atoms with Gasteiger partial charge in [-0.15, -0.1) is 0 Å². The summed E-state index contributed by atoms with van der Waals surface area (Å²) in [5, 5.41) is 0. The van der Waals surface area contributed by atoms with E-state index in [4.69, 9.17) is 9.47 Å². The highest BCUT2D eigenvalue weighted by Crippen LogP contribution is 2.20. The lowest BCUT2D eigenvalue weighted by Crippen LogP contribution is -2.46. The zero-order valence-corrected chi connectivity index (χ0v) is 19.1. The molecular weight excluding hydrogens is 396 g/mol. The number of piperazine rings is 1. The van der Waals surface area contributed by atoms with E-state index in [0.717, 1.165) is 64.7 Å². The monoisotopic (exact) mass is 430 g/mol. The number of ether oxygens (including phenoxy) is 2.